The highest BCUT2D eigenvalue weighted by atomic mass is 16.2. The molecule has 2 heterocycles. The number of hydrogen-bond donors (Lipinski definition) is 0. The fourth-order valence-corrected chi connectivity index (χ4v) is 4.25. The van der Waals surface area contributed by atoms with Crippen molar-refractivity contribution in [3.05, 3.63) is 65.2 Å². The fraction of sp³-hybridized carbons (Fsp3) is 0.435. The number of para-hydroxylation sites is 1. The Kier molecular flexibility index (Phi) is 4.82. The molecule has 136 valence electrons. The van der Waals surface area contributed by atoms with Crippen LogP contribution >= 0.6 is 0 Å². The minimum absolute atomic E-state index is 0.112. The first-order valence-electron chi connectivity index (χ1n) is 9.84. The first-order chi connectivity index (χ1) is 12.6. The Morgan fingerprint density at radius 1 is 1.00 bits per heavy atom. The van der Waals surface area contributed by atoms with Crippen LogP contribution in [0.25, 0.3) is 0 Å². The van der Waals surface area contributed by atoms with Crippen LogP contribution in [0.15, 0.2) is 48.5 Å². The van der Waals surface area contributed by atoms with Gasteiger partial charge in [-0.05, 0) is 74.5 Å². The van der Waals surface area contributed by atoms with E-state index in [2.05, 4.69) is 49.1 Å². The fourth-order valence-electron chi connectivity index (χ4n) is 4.25. The Hall–Kier alpha value is -2.13. The van der Waals surface area contributed by atoms with Gasteiger partial charge in [-0.1, -0.05) is 37.3 Å². The number of hydrogen-bond acceptors (Lipinski definition) is 2. The summed E-state index contributed by atoms with van der Waals surface area (Å²) in [6, 6.07) is 16.7. The van der Waals surface area contributed by atoms with Gasteiger partial charge < -0.3 is 4.90 Å². The third-order valence-corrected chi connectivity index (χ3v) is 5.91. The lowest BCUT2D eigenvalue weighted by atomic mass is 9.99. The molecule has 0 aromatic heterocycles. The second kappa shape index (κ2) is 7.24. The van der Waals surface area contributed by atoms with Crippen molar-refractivity contribution in [2.45, 2.75) is 45.7 Å². The standard InChI is InChI=1S/C23H28N2O/c1-17-11-13-24(14-12-17)16-19-7-9-20(10-8-19)23(26)25-18(2)15-21-5-3-4-6-22(21)25/h3-10,17-18H,11-16H2,1-2H3. The van der Waals surface area contributed by atoms with E-state index < -0.39 is 0 Å². The molecule has 1 saturated heterocycles. The van der Waals surface area contributed by atoms with Gasteiger partial charge in [-0.2, -0.15) is 0 Å². The molecule has 4 rings (SSSR count). The predicted molar refractivity (Wildman–Crippen MR) is 107 cm³/mol. The Balaban J connectivity index is 1.46. The highest BCUT2D eigenvalue weighted by Crippen LogP contribution is 2.33. The SMILES string of the molecule is CC1CCN(Cc2ccc(C(=O)N3c4ccccc4CC3C)cc2)CC1. The van der Waals surface area contributed by atoms with Crippen LogP contribution in [0, 0.1) is 5.92 Å². The van der Waals surface area contributed by atoms with Gasteiger partial charge in [0.1, 0.15) is 0 Å². The number of piperidine rings is 1. The second-order valence-electron chi connectivity index (χ2n) is 8.01. The van der Waals surface area contributed by atoms with Gasteiger partial charge in [0.25, 0.3) is 5.91 Å². The Labute approximate surface area is 156 Å². The largest absolute Gasteiger partial charge is 0.305 e. The van der Waals surface area contributed by atoms with Crippen molar-refractivity contribution < 1.29 is 4.79 Å². The zero-order valence-corrected chi connectivity index (χ0v) is 15.8. The third kappa shape index (κ3) is 3.41. The average Bonchev–Trinajstić information content (AvgIpc) is 2.99. The molecule has 2 aromatic carbocycles. The number of carbonyl (C=O) groups is 1. The lowest BCUT2D eigenvalue weighted by Crippen LogP contribution is -2.35. The Morgan fingerprint density at radius 3 is 2.42 bits per heavy atom. The Morgan fingerprint density at radius 2 is 1.69 bits per heavy atom. The van der Waals surface area contributed by atoms with Gasteiger partial charge >= 0.3 is 0 Å². The summed E-state index contributed by atoms with van der Waals surface area (Å²) in [5.41, 5.74) is 4.41. The summed E-state index contributed by atoms with van der Waals surface area (Å²) in [5, 5.41) is 0. The van der Waals surface area contributed by atoms with E-state index in [1.165, 1.54) is 37.1 Å². The minimum atomic E-state index is 0.112. The molecular formula is C23H28N2O. The molecule has 1 atom stereocenters. The lowest BCUT2D eigenvalue weighted by Gasteiger charge is -2.30. The van der Waals surface area contributed by atoms with Gasteiger partial charge in [-0.3, -0.25) is 9.69 Å². The molecule has 2 aromatic rings. The van der Waals surface area contributed by atoms with Crippen LogP contribution in [-0.2, 0) is 13.0 Å². The monoisotopic (exact) mass is 348 g/mol. The van der Waals surface area contributed by atoms with Crippen LogP contribution < -0.4 is 4.90 Å². The van der Waals surface area contributed by atoms with Crippen LogP contribution in [0.3, 0.4) is 0 Å². The first kappa shape index (κ1) is 17.3. The lowest BCUT2D eigenvalue weighted by molar-refractivity contribution is 0.0981. The summed E-state index contributed by atoms with van der Waals surface area (Å²) in [5.74, 6) is 0.970. The number of fused-ring (bicyclic) bond motifs is 1. The first-order valence-corrected chi connectivity index (χ1v) is 9.84. The van der Waals surface area contributed by atoms with Crippen LogP contribution in [-0.4, -0.2) is 29.9 Å². The molecule has 0 aliphatic carbocycles. The maximum Gasteiger partial charge on any atom is 0.258 e. The van der Waals surface area contributed by atoms with Crippen molar-refractivity contribution in [1.82, 2.24) is 4.90 Å². The van der Waals surface area contributed by atoms with E-state index >= 15 is 0 Å². The quantitative estimate of drug-likeness (QED) is 0.815. The van der Waals surface area contributed by atoms with Crippen molar-refractivity contribution in [2.24, 2.45) is 5.92 Å². The van der Waals surface area contributed by atoms with E-state index in [-0.39, 0.29) is 11.9 Å². The van der Waals surface area contributed by atoms with Crippen molar-refractivity contribution in [3.63, 3.8) is 0 Å². The van der Waals surface area contributed by atoms with Crippen LogP contribution in [0.2, 0.25) is 0 Å². The van der Waals surface area contributed by atoms with E-state index in [9.17, 15) is 4.79 Å². The van der Waals surface area contributed by atoms with Gasteiger partial charge in [0.05, 0.1) is 0 Å². The number of anilines is 1. The molecule has 0 saturated carbocycles. The molecule has 1 unspecified atom stereocenters. The topological polar surface area (TPSA) is 23.6 Å². The predicted octanol–water partition coefficient (Wildman–Crippen LogP) is 4.51. The molecule has 0 spiro atoms. The summed E-state index contributed by atoms with van der Waals surface area (Å²) in [4.78, 5) is 17.6. The molecule has 3 heteroatoms. The third-order valence-electron chi connectivity index (χ3n) is 5.91. The molecule has 2 aliphatic heterocycles. The van der Waals surface area contributed by atoms with Crippen LogP contribution in [0.1, 0.15) is 48.2 Å². The molecule has 1 fully saturated rings. The highest BCUT2D eigenvalue weighted by Gasteiger charge is 2.31. The summed E-state index contributed by atoms with van der Waals surface area (Å²) in [6.45, 7) is 7.83. The maximum absolute atomic E-state index is 13.1. The number of carbonyl (C=O) groups excluding carboxylic acids is 1. The minimum Gasteiger partial charge on any atom is -0.305 e. The van der Waals surface area contributed by atoms with Crippen molar-refractivity contribution in [2.75, 3.05) is 18.0 Å². The van der Waals surface area contributed by atoms with E-state index in [0.29, 0.717) is 0 Å². The normalized spacial score (nSPS) is 21.0. The summed E-state index contributed by atoms with van der Waals surface area (Å²) >= 11 is 0. The van der Waals surface area contributed by atoms with Gasteiger partial charge in [0.15, 0.2) is 0 Å². The van der Waals surface area contributed by atoms with Gasteiger partial charge in [0.2, 0.25) is 0 Å². The molecule has 0 radical (unpaired) electrons. The van der Waals surface area contributed by atoms with Gasteiger partial charge in [-0.15, -0.1) is 0 Å². The number of benzene rings is 2. The summed E-state index contributed by atoms with van der Waals surface area (Å²) in [6.07, 6.45) is 3.53. The van der Waals surface area contributed by atoms with E-state index in [1.54, 1.807) is 0 Å². The molecular weight excluding hydrogens is 320 g/mol. The van der Waals surface area contributed by atoms with E-state index in [4.69, 9.17) is 0 Å². The summed E-state index contributed by atoms with van der Waals surface area (Å²) < 4.78 is 0. The van der Waals surface area contributed by atoms with E-state index in [0.717, 1.165) is 30.1 Å². The Bertz CT molecular complexity index is 775. The number of rotatable bonds is 3. The van der Waals surface area contributed by atoms with Gasteiger partial charge in [-0.25, -0.2) is 0 Å². The highest BCUT2D eigenvalue weighted by molar-refractivity contribution is 6.07. The number of nitrogens with zero attached hydrogens (tertiary/aromatic N) is 2. The second-order valence-corrected chi connectivity index (χ2v) is 8.01. The molecule has 0 bridgehead atoms. The average molecular weight is 348 g/mol. The van der Waals surface area contributed by atoms with Crippen molar-refractivity contribution in [3.8, 4) is 0 Å². The molecule has 0 N–H and O–H groups in total. The van der Waals surface area contributed by atoms with Crippen LogP contribution in [0.5, 0.6) is 0 Å². The number of amides is 1. The van der Waals surface area contributed by atoms with Crippen molar-refractivity contribution >= 4 is 11.6 Å². The molecule has 3 nitrogen and oxygen atoms in total. The maximum atomic E-state index is 13.1. The summed E-state index contributed by atoms with van der Waals surface area (Å²) in [7, 11) is 0. The van der Waals surface area contributed by atoms with Crippen LogP contribution in [0.4, 0.5) is 5.69 Å². The van der Waals surface area contributed by atoms with E-state index in [1.807, 2.05) is 23.1 Å². The zero-order valence-electron chi connectivity index (χ0n) is 15.8. The smallest absolute Gasteiger partial charge is 0.258 e. The molecule has 1 amide bonds. The zero-order chi connectivity index (χ0) is 18.1. The van der Waals surface area contributed by atoms with Gasteiger partial charge in [0, 0.05) is 23.8 Å². The van der Waals surface area contributed by atoms with Crippen molar-refractivity contribution in [1.29, 1.82) is 0 Å². The molecule has 2 aliphatic rings. The number of likely N-dealkylation sites (tertiary alicyclic amines) is 1. The molecule has 26 heavy (non-hydrogen) atoms.